The lowest BCUT2D eigenvalue weighted by Crippen LogP contribution is -2.08. The Balaban J connectivity index is 2.17. The molecule has 0 amide bonds. The van der Waals surface area contributed by atoms with Gasteiger partial charge in [-0.3, -0.25) is 0 Å². The SMILES string of the molecule is CC(Nc1ncccc1Cl)c1cccc(N)c1. The number of pyridine rings is 1. The summed E-state index contributed by atoms with van der Waals surface area (Å²) < 4.78 is 0. The number of nitrogens with one attached hydrogen (secondary N) is 1. The molecule has 2 aromatic rings. The number of hydrogen-bond donors (Lipinski definition) is 2. The summed E-state index contributed by atoms with van der Waals surface area (Å²) in [5, 5.41) is 3.87. The number of nitrogens with two attached hydrogens (primary N) is 1. The molecule has 3 nitrogen and oxygen atoms in total. The molecule has 0 fully saturated rings. The molecule has 0 aliphatic rings. The number of anilines is 2. The summed E-state index contributed by atoms with van der Waals surface area (Å²) in [6.07, 6.45) is 1.71. The lowest BCUT2D eigenvalue weighted by molar-refractivity contribution is 0.875. The highest BCUT2D eigenvalue weighted by Crippen LogP contribution is 2.24. The van der Waals surface area contributed by atoms with Crippen molar-refractivity contribution < 1.29 is 0 Å². The largest absolute Gasteiger partial charge is 0.399 e. The van der Waals surface area contributed by atoms with Gasteiger partial charge in [0.25, 0.3) is 0 Å². The van der Waals surface area contributed by atoms with Crippen LogP contribution in [-0.2, 0) is 0 Å². The molecule has 88 valence electrons. The second-order valence-electron chi connectivity index (χ2n) is 3.87. The van der Waals surface area contributed by atoms with E-state index in [0.717, 1.165) is 11.3 Å². The first-order valence-corrected chi connectivity index (χ1v) is 5.77. The molecule has 1 heterocycles. The Morgan fingerprint density at radius 3 is 2.82 bits per heavy atom. The van der Waals surface area contributed by atoms with Crippen molar-refractivity contribution in [2.75, 3.05) is 11.1 Å². The van der Waals surface area contributed by atoms with Crippen LogP contribution in [0.25, 0.3) is 0 Å². The van der Waals surface area contributed by atoms with Gasteiger partial charge in [0.05, 0.1) is 11.1 Å². The molecule has 4 heteroatoms. The van der Waals surface area contributed by atoms with Crippen molar-refractivity contribution in [3.05, 3.63) is 53.2 Å². The first-order valence-electron chi connectivity index (χ1n) is 5.39. The van der Waals surface area contributed by atoms with E-state index >= 15 is 0 Å². The van der Waals surface area contributed by atoms with Crippen molar-refractivity contribution in [2.45, 2.75) is 13.0 Å². The van der Waals surface area contributed by atoms with Crippen LogP contribution in [0.2, 0.25) is 5.02 Å². The minimum absolute atomic E-state index is 0.103. The number of aromatic nitrogens is 1. The molecule has 1 atom stereocenters. The van der Waals surface area contributed by atoms with Crippen LogP contribution >= 0.6 is 11.6 Å². The fourth-order valence-electron chi connectivity index (χ4n) is 1.61. The lowest BCUT2D eigenvalue weighted by atomic mass is 10.1. The minimum atomic E-state index is 0.103. The van der Waals surface area contributed by atoms with E-state index in [9.17, 15) is 0 Å². The molecule has 0 aliphatic heterocycles. The standard InChI is InChI=1S/C13H14ClN3/c1-9(10-4-2-5-11(15)8-10)17-13-12(14)6-3-7-16-13/h2-9H,15H2,1H3,(H,16,17). The zero-order valence-corrected chi connectivity index (χ0v) is 10.3. The average Bonchev–Trinajstić information content (AvgIpc) is 2.32. The van der Waals surface area contributed by atoms with Gasteiger partial charge >= 0.3 is 0 Å². The van der Waals surface area contributed by atoms with Crippen LogP contribution in [0.3, 0.4) is 0 Å². The molecular formula is C13H14ClN3. The molecule has 17 heavy (non-hydrogen) atoms. The molecule has 0 radical (unpaired) electrons. The topological polar surface area (TPSA) is 50.9 Å². The predicted octanol–water partition coefficient (Wildman–Crippen LogP) is 3.49. The summed E-state index contributed by atoms with van der Waals surface area (Å²) in [6, 6.07) is 11.5. The highest BCUT2D eigenvalue weighted by atomic mass is 35.5. The maximum atomic E-state index is 6.04. The normalized spacial score (nSPS) is 12.1. The Labute approximate surface area is 106 Å². The number of benzene rings is 1. The molecule has 0 spiro atoms. The van der Waals surface area contributed by atoms with Crippen LogP contribution in [0.15, 0.2) is 42.6 Å². The summed E-state index contributed by atoms with van der Waals surface area (Å²) in [7, 11) is 0. The van der Waals surface area contributed by atoms with E-state index in [1.807, 2.05) is 37.3 Å². The van der Waals surface area contributed by atoms with Crippen LogP contribution < -0.4 is 11.1 Å². The molecule has 0 bridgehead atoms. The van der Waals surface area contributed by atoms with Crippen LogP contribution in [0.1, 0.15) is 18.5 Å². The quantitative estimate of drug-likeness (QED) is 0.817. The van der Waals surface area contributed by atoms with Gasteiger partial charge in [0.2, 0.25) is 0 Å². The zero-order chi connectivity index (χ0) is 12.3. The summed E-state index contributed by atoms with van der Waals surface area (Å²) in [6.45, 7) is 2.04. The number of nitrogen functional groups attached to an aromatic ring is 1. The van der Waals surface area contributed by atoms with Gasteiger partial charge < -0.3 is 11.1 Å². The van der Waals surface area contributed by atoms with Crippen molar-refractivity contribution in [2.24, 2.45) is 0 Å². The smallest absolute Gasteiger partial charge is 0.145 e. The van der Waals surface area contributed by atoms with E-state index in [1.54, 1.807) is 12.3 Å². The third kappa shape index (κ3) is 2.88. The van der Waals surface area contributed by atoms with Gasteiger partial charge in [-0.1, -0.05) is 23.7 Å². The van der Waals surface area contributed by atoms with E-state index in [2.05, 4.69) is 10.3 Å². The Kier molecular flexibility index (Phi) is 3.49. The van der Waals surface area contributed by atoms with E-state index in [-0.39, 0.29) is 6.04 Å². The number of hydrogen-bond acceptors (Lipinski definition) is 3. The first kappa shape index (κ1) is 11.7. The Hall–Kier alpha value is -1.74. The van der Waals surface area contributed by atoms with E-state index < -0.39 is 0 Å². The molecule has 0 aliphatic carbocycles. The molecule has 1 aromatic heterocycles. The molecule has 1 aromatic carbocycles. The second-order valence-corrected chi connectivity index (χ2v) is 4.28. The Morgan fingerprint density at radius 2 is 2.12 bits per heavy atom. The lowest BCUT2D eigenvalue weighted by Gasteiger charge is -2.16. The van der Waals surface area contributed by atoms with Crippen LogP contribution in [-0.4, -0.2) is 4.98 Å². The van der Waals surface area contributed by atoms with Gasteiger partial charge in [-0.25, -0.2) is 4.98 Å². The Morgan fingerprint density at radius 1 is 1.29 bits per heavy atom. The van der Waals surface area contributed by atoms with Crippen LogP contribution in [0, 0.1) is 0 Å². The molecule has 2 rings (SSSR count). The summed E-state index contributed by atoms with van der Waals surface area (Å²) in [5.74, 6) is 0.684. The minimum Gasteiger partial charge on any atom is -0.399 e. The molecule has 1 unspecified atom stereocenters. The molecule has 0 saturated heterocycles. The fourth-order valence-corrected chi connectivity index (χ4v) is 1.78. The fraction of sp³-hybridized carbons (Fsp3) is 0.154. The first-order chi connectivity index (χ1) is 8.16. The van der Waals surface area contributed by atoms with Gasteiger partial charge in [-0.05, 0) is 36.8 Å². The summed E-state index contributed by atoms with van der Waals surface area (Å²) in [4.78, 5) is 4.19. The third-order valence-corrected chi connectivity index (χ3v) is 2.83. The van der Waals surface area contributed by atoms with Crippen molar-refractivity contribution in [1.29, 1.82) is 0 Å². The number of nitrogens with zero attached hydrogens (tertiary/aromatic N) is 1. The van der Waals surface area contributed by atoms with Gasteiger partial charge in [0.1, 0.15) is 5.82 Å². The van der Waals surface area contributed by atoms with Gasteiger partial charge in [0.15, 0.2) is 0 Å². The van der Waals surface area contributed by atoms with Crippen molar-refractivity contribution in [3.63, 3.8) is 0 Å². The van der Waals surface area contributed by atoms with E-state index in [0.29, 0.717) is 10.8 Å². The van der Waals surface area contributed by atoms with Gasteiger partial charge in [-0.15, -0.1) is 0 Å². The summed E-state index contributed by atoms with van der Waals surface area (Å²) >= 11 is 6.04. The monoisotopic (exact) mass is 247 g/mol. The van der Waals surface area contributed by atoms with Crippen molar-refractivity contribution in [3.8, 4) is 0 Å². The third-order valence-electron chi connectivity index (χ3n) is 2.52. The summed E-state index contributed by atoms with van der Waals surface area (Å²) in [5.41, 5.74) is 7.61. The highest BCUT2D eigenvalue weighted by Gasteiger charge is 2.08. The number of halogens is 1. The second kappa shape index (κ2) is 5.06. The predicted molar refractivity (Wildman–Crippen MR) is 72.1 cm³/mol. The maximum Gasteiger partial charge on any atom is 0.145 e. The van der Waals surface area contributed by atoms with E-state index in [1.165, 1.54) is 0 Å². The van der Waals surface area contributed by atoms with Gasteiger partial charge in [-0.2, -0.15) is 0 Å². The maximum absolute atomic E-state index is 6.04. The van der Waals surface area contributed by atoms with Gasteiger partial charge in [0, 0.05) is 11.9 Å². The molecular weight excluding hydrogens is 234 g/mol. The van der Waals surface area contributed by atoms with Crippen LogP contribution in [0.4, 0.5) is 11.5 Å². The average molecular weight is 248 g/mol. The zero-order valence-electron chi connectivity index (χ0n) is 9.52. The highest BCUT2D eigenvalue weighted by molar-refractivity contribution is 6.32. The number of rotatable bonds is 3. The Bertz CT molecular complexity index is 514. The van der Waals surface area contributed by atoms with Crippen LogP contribution in [0.5, 0.6) is 0 Å². The van der Waals surface area contributed by atoms with Crippen molar-refractivity contribution in [1.82, 2.24) is 4.98 Å². The molecule has 3 N–H and O–H groups in total. The van der Waals surface area contributed by atoms with E-state index in [4.69, 9.17) is 17.3 Å². The molecule has 0 saturated carbocycles. The van der Waals surface area contributed by atoms with Crippen molar-refractivity contribution >= 4 is 23.1 Å².